The standard InChI is InChI=1S/C9H14N2O2/c1-3-8(10-12-5-1)7-9-4-2-6-13-11-9/h1-2,5-6,8-11H,3-4,7H2. The van der Waals surface area contributed by atoms with Gasteiger partial charge in [-0.1, -0.05) is 0 Å². The lowest BCUT2D eigenvalue weighted by molar-refractivity contribution is 0.0472. The number of hydrogen-bond acceptors (Lipinski definition) is 4. The third-order valence-corrected chi connectivity index (χ3v) is 2.21. The smallest absolute Gasteiger partial charge is 0.107 e. The highest BCUT2D eigenvalue weighted by Crippen LogP contribution is 2.12. The van der Waals surface area contributed by atoms with Crippen LogP contribution in [0.15, 0.2) is 24.7 Å². The molecule has 2 rings (SSSR count). The van der Waals surface area contributed by atoms with Crippen LogP contribution < -0.4 is 11.0 Å². The van der Waals surface area contributed by atoms with Crippen LogP contribution in [0.4, 0.5) is 0 Å². The van der Waals surface area contributed by atoms with Crippen molar-refractivity contribution in [2.24, 2.45) is 0 Å². The van der Waals surface area contributed by atoms with E-state index in [1.54, 1.807) is 12.5 Å². The number of hydroxylamine groups is 2. The molecular weight excluding hydrogens is 168 g/mol. The fourth-order valence-corrected chi connectivity index (χ4v) is 1.54. The molecule has 2 atom stereocenters. The fraction of sp³-hybridized carbons (Fsp3) is 0.556. The summed E-state index contributed by atoms with van der Waals surface area (Å²) in [7, 11) is 0. The van der Waals surface area contributed by atoms with Crippen molar-refractivity contribution >= 4 is 0 Å². The van der Waals surface area contributed by atoms with E-state index in [4.69, 9.17) is 9.68 Å². The second-order valence-corrected chi connectivity index (χ2v) is 3.32. The highest BCUT2D eigenvalue weighted by Gasteiger charge is 2.18. The van der Waals surface area contributed by atoms with E-state index in [2.05, 4.69) is 11.0 Å². The molecule has 2 unspecified atom stereocenters. The zero-order chi connectivity index (χ0) is 8.93. The average molecular weight is 182 g/mol. The Bertz CT molecular complexity index is 194. The van der Waals surface area contributed by atoms with Crippen LogP contribution in [0.1, 0.15) is 19.3 Å². The van der Waals surface area contributed by atoms with E-state index in [1.807, 2.05) is 12.2 Å². The average Bonchev–Trinajstić information content (AvgIpc) is 2.21. The topological polar surface area (TPSA) is 42.5 Å². The molecule has 0 aliphatic carbocycles. The van der Waals surface area contributed by atoms with Crippen molar-refractivity contribution in [3.63, 3.8) is 0 Å². The van der Waals surface area contributed by atoms with E-state index in [9.17, 15) is 0 Å². The van der Waals surface area contributed by atoms with Crippen molar-refractivity contribution < 1.29 is 9.68 Å². The van der Waals surface area contributed by atoms with Gasteiger partial charge >= 0.3 is 0 Å². The van der Waals surface area contributed by atoms with Gasteiger partial charge in [0.1, 0.15) is 12.5 Å². The number of nitrogens with one attached hydrogen (secondary N) is 2. The summed E-state index contributed by atoms with van der Waals surface area (Å²) >= 11 is 0. The molecule has 72 valence electrons. The molecule has 2 heterocycles. The Labute approximate surface area is 77.5 Å². The van der Waals surface area contributed by atoms with Crippen molar-refractivity contribution in [3.8, 4) is 0 Å². The van der Waals surface area contributed by atoms with Crippen LogP contribution in [-0.2, 0) is 9.68 Å². The maximum Gasteiger partial charge on any atom is 0.107 e. The third-order valence-electron chi connectivity index (χ3n) is 2.21. The molecule has 2 aliphatic heterocycles. The molecule has 0 aromatic heterocycles. The van der Waals surface area contributed by atoms with Crippen LogP contribution in [0.2, 0.25) is 0 Å². The normalized spacial score (nSPS) is 32.3. The van der Waals surface area contributed by atoms with Crippen molar-refractivity contribution in [2.75, 3.05) is 0 Å². The van der Waals surface area contributed by atoms with Gasteiger partial charge in [0.2, 0.25) is 0 Å². The first-order valence-electron chi connectivity index (χ1n) is 4.57. The second kappa shape index (κ2) is 4.30. The van der Waals surface area contributed by atoms with E-state index in [1.165, 1.54) is 0 Å². The summed E-state index contributed by atoms with van der Waals surface area (Å²) in [6, 6.07) is 0.773. The van der Waals surface area contributed by atoms with Gasteiger partial charge in [0, 0.05) is 12.1 Å². The summed E-state index contributed by atoms with van der Waals surface area (Å²) in [5.41, 5.74) is 5.92. The van der Waals surface area contributed by atoms with E-state index >= 15 is 0 Å². The van der Waals surface area contributed by atoms with Gasteiger partial charge in [-0.2, -0.15) is 11.0 Å². The minimum absolute atomic E-state index is 0.387. The first kappa shape index (κ1) is 8.59. The zero-order valence-electron chi connectivity index (χ0n) is 7.40. The molecule has 0 aromatic carbocycles. The molecule has 4 nitrogen and oxygen atoms in total. The second-order valence-electron chi connectivity index (χ2n) is 3.32. The molecule has 2 N–H and O–H groups in total. The van der Waals surface area contributed by atoms with Crippen LogP contribution in [-0.4, -0.2) is 12.1 Å². The van der Waals surface area contributed by atoms with Gasteiger partial charge in [-0.3, -0.25) is 0 Å². The van der Waals surface area contributed by atoms with Crippen molar-refractivity contribution in [3.05, 3.63) is 24.7 Å². The van der Waals surface area contributed by atoms with Gasteiger partial charge in [0.05, 0.1) is 0 Å². The molecule has 0 aromatic rings. The summed E-state index contributed by atoms with van der Waals surface area (Å²) in [6.45, 7) is 0. The Hall–Kier alpha value is -1.00. The Kier molecular flexibility index (Phi) is 2.84. The SMILES string of the molecule is C1=CONC(CC2CC=CON2)C1. The molecule has 0 spiro atoms. The molecule has 0 amide bonds. The first-order valence-corrected chi connectivity index (χ1v) is 4.57. The van der Waals surface area contributed by atoms with Crippen molar-refractivity contribution in [2.45, 2.75) is 31.3 Å². The monoisotopic (exact) mass is 182 g/mol. The largest absolute Gasteiger partial charge is 0.417 e. The van der Waals surface area contributed by atoms with Gasteiger partial charge in [-0.05, 0) is 31.4 Å². The van der Waals surface area contributed by atoms with E-state index in [0.29, 0.717) is 12.1 Å². The predicted molar refractivity (Wildman–Crippen MR) is 48.1 cm³/mol. The van der Waals surface area contributed by atoms with Crippen LogP contribution >= 0.6 is 0 Å². The van der Waals surface area contributed by atoms with Crippen LogP contribution in [0.3, 0.4) is 0 Å². The lowest BCUT2D eigenvalue weighted by Gasteiger charge is -2.25. The Morgan fingerprint density at radius 2 is 1.54 bits per heavy atom. The molecule has 0 saturated carbocycles. The van der Waals surface area contributed by atoms with Gasteiger partial charge in [0.15, 0.2) is 0 Å². The van der Waals surface area contributed by atoms with Gasteiger partial charge in [-0.25, -0.2) is 0 Å². The first-order chi connectivity index (χ1) is 6.45. The highest BCUT2D eigenvalue weighted by atomic mass is 16.6. The molecule has 0 radical (unpaired) electrons. The minimum atomic E-state index is 0.387. The quantitative estimate of drug-likeness (QED) is 0.668. The third kappa shape index (κ3) is 2.47. The Balaban J connectivity index is 1.76. The summed E-state index contributed by atoms with van der Waals surface area (Å²) in [4.78, 5) is 10.0. The molecular formula is C9H14N2O2. The Morgan fingerprint density at radius 3 is 1.92 bits per heavy atom. The zero-order valence-corrected chi connectivity index (χ0v) is 7.40. The molecule has 2 aliphatic rings. The van der Waals surface area contributed by atoms with Gasteiger partial charge < -0.3 is 9.68 Å². The highest BCUT2D eigenvalue weighted by molar-refractivity contribution is 4.90. The summed E-state index contributed by atoms with van der Waals surface area (Å²) in [5, 5.41) is 0. The molecule has 0 fully saturated rings. The molecule has 4 heteroatoms. The van der Waals surface area contributed by atoms with Crippen molar-refractivity contribution in [1.82, 2.24) is 11.0 Å². The maximum absolute atomic E-state index is 5.01. The summed E-state index contributed by atoms with van der Waals surface area (Å²) in [5.74, 6) is 0. The van der Waals surface area contributed by atoms with Crippen molar-refractivity contribution in [1.29, 1.82) is 0 Å². The number of rotatable bonds is 2. The number of hydrogen-bond donors (Lipinski definition) is 2. The lowest BCUT2D eigenvalue weighted by atomic mass is 10.0. The Morgan fingerprint density at radius 1 is 1.00 bits per heavy atom. The van der Waals surface area contributed by atoms with Gasteiger partial charge in [0.25, 0.3) is 0 Å². The molecule has 13 heavy (non-hydrogen) atoms. The van der Waals surface area contributed by atoms with Crippen LogP contribution in [0.25, 0.3) is 0 Å². The summed E-state index contributed by atoms with van der Waals surface area (Å²) < 4.78 is 0. The van der Waals surface area contributed by atoms with E-state index in [0.717, 1.165) is 19.3 Å². The van der Waals surface area contributed by atoms with E-state index < -0.39 is 0 Å². The predicted octanol–water partition coefficient (Wildman–Crippen LogP) is 0.991. The van der Waals surface area contributed by atoms with E-state index in [-0.39, 0.29) is 0 Å². The minimum Gasteiger partial charge on any atom is -0.417 e. The lowest BCUT2D eigenvalue weighted by Crippen LogP contribution is -2.39. The fourth-order valence-electron chi connectivity index (χ4n) is 1.54. The van der Waals surface area contributed by atoms with Crippen LogP contribution in [0.5, 0.6) is 0 Å². The maximum atomic E-state index is 5.01. The molecule has 0 bridgehead atoms. The van der Waals surface area contributed by atoms with Gasteiger partial charge in [-0.15, -0.1) is 0 Å². The molecule has 0 saturated heterocycles. The summed E-state index contributed by atoms with van der Waals surface area (Å²) in [6.07, 6.45) is 10.5. The van der Waals surface area contributed by atoms with Crippen LogP contribution in [0, 0.1) is 0 Å².